The van der Waals surface area contributed by atoms with Crippen LogP contribution in [0.5, 0.6) is 5.75 Å². The van der Waals surface area contributed by atoms with Crippen molar-refractivity contribution >= 4 is 38.1 Å². The summed E-state index contributed by atoms with van der Waals surface area (Å²) in [5, 5.41) is 2.07. The van der Waals surface area contributed by atoms with Crippen molar-refractivity contribution in [1.82, 2.24) is 4.98 Å². The Hall–Kier alpha value is -2.91. The van der Waals surface area contributed by atoms with Crippen molar-refractivity contribution in [2.75, 3.05) is 16.7 Å². The molecule has 30 heavy (non-hydrogen) atoms. The third kappa shape index (κ3) is 4.17. The zero-order chi connectivity index (χ0) is 21.5. The lowest BCUT2D eigenvalue weighted by molar-refractivity contribution is -0.125. The van der Waals surface area contributed by atoms with Crippen molar-refractivity contribution in [1.29, 1.82) is 0 Å². The first kappa shape index (κ1) is 20.4. The van der Waals surface area contributed by atoms with E-state index in [9.17, 15) is 13.2 Å². The number of anilines is 2. The second kappa shape index (κ2) is 7.73. The maximum atomic E-state index is 12.5. The second-order valence-corrected chi connectivity index (χ2v) is 9.80. The fourth-order valence-electron chi connectivity index (χ4n) is 3.20. The van der Waals surface area contributed by atoms with Crippen LogP contribution in [-0.4, -0.2) is 32.5 Å². The first-order valence-electron chi connectivity index (χ1n) is 9.32. The topological polar surface area (TPSA) is 88.6 Å². The Balaban J connectivity index is 1.53. The van der Waals surface area contributed by atoms with Crippen molar-refractivity contribution < 1.29 is 17.9 Å². The standard InChI is InChI=1S/C21H21N3O4S2/c1-13-4-6-15(7-5-13)12-30(26,27)23-21-22-17(11-29-21)16-8-9-19-18(10-16)24(3)20(25)14(2)28-19/h4-11,14H,12H2,1-3H3,(H,22,23). The Morgan fingerprint density at radius 3 is 2.67 bits per heavy atom. The van der Waals surface area contributed by atoms with Gasteiger partial charge in [-0.25, -0.2) is 13.4 Å². The maximum absolute atomic E-state index is 12.5. The van der Waals surface area contributed by atoms with Gasteiger partial charge in [-0.05, 0) is 37.6 Å². The van der Waals surface area contributed by atoms with Crippen molar-refractivity contribution in [3.05, 3.63) is 59.0 Å². The molecular formula is C21H21N3O4S2. The molecule has 4 rings (SSSR count). The average Bonchev–Trinajstić information content (AvgIpc) is 3.15. The minimum Gasteiger partial charge on any atom is -0.479 e. The molecule has 0 saturated carbocycles. The Bertz CT molecular complexity index is 1200. The van der Waals surface area contributed by atoms with Gasteiger partial charge in [0, 0.05) is 18.0 Å². The van der Waals surface area contributed by atoms with Crippen molar-refractivity contribution in [3.8, 4) is 17.0 Å². The van der Waals surface area contributed by atoms with Gasteiger partial charge in [-0.2, -0.15) is 0 Å². The first-order valence-corrected chi connectivity index (χ1v) is 11.9. The molecule has 1 N–H and O–H groups in total. The molecule has 1 atom stereocenters. The van der Waals surface area contributed by atoms with E-state index in [2.05, 4.69) is 9.71 Å². The van der Waals surface area contributed by atoms with E-state index in [1.807, 2.05) is 31.2 Å². The number of thiazole rings is 1. The van der Waals surface area contributed by atoms with Gasteiger partial charge in [-0.15, -0.1) is 11.3 Å². The Morgan fingerprint density at radius 2 is 1.93 bits per heavy atom. The predicted octanol–water partition coefficient (Wildman–Crippen LogP) is 3.80. The maximum Gasteiger partial charge on any atom is 0.267 e. The van der Waals surface area contributed by atoms with E-state index in [1.54, 1.807) is 42.5 Å². The van der Waals surface area contributed by atoms with E-state index in [-0.39, 0.29) is 11.7 Å². The molecule has 0 spiro atoms. The number of carbonyl (C=O) groups is 1. The minimum absolute atomic E-state index is 0.122. The van der Waals surface area contributed by atoms with E-state index in [4.69, 9.17) is 4.74 Å². The SMILES string of the molecule is Cc1ccc(CS(=O)(=O)Nc2nc(-c3ccc4c(c3)N(C)C(=O)C(C)O4)cs2)cc1. The number of hydrogen-bond acceptors (Lipinski definition) is 6. The van der Waals surface area contributed by atoms with Crippen molar-refractivity contribution in [3.63, 3.8) is 0 Å². The molecule has 7 nitrogen and oxygen atoms in total. The molecule has 156 valence electrons. The van der Waals surface area contributed by atoms with Gasteiger partial charge < -0.3 is 9.64 Å². The lowest BCUT2D eigenvalue weighted by Gasteiger charge is -2.30. The summed E-state index contributed by atoms with van der Waals surface area (Å²) in [5.41, 5.74) is 3.83. The number of aromatic nitrogens is 1. The third-order valence-corrected chi connectivity index (χ3v) is 6.93. The molecule has 2 aromatic carbocycles. The van der Waals surface area contributed by atoms with Gasteiger partial charge in [0.2, 0.25) is 10.0 Å². The average molecular weight is 444 g/mol. The van der Waals surface area contributed by atoms with Crippen LogP contribution in [0.1, 0.15) is 18.1 Å². The lowest BCUT2D eigenvalue weighted by atomic mass is 10.1. The number of sulfonamides is 1. The Kier molecular flexibility index (Phi) is 5.25. The number of ether oxygens (including phenoxy) is 1. The quantitative estimate of drug-likeness (QED) is 0.648. The van der Waals surface area contributed by atoms with Crippen molar-refractivity contribution in [2.45, 2.75) is 25.7 Å². The van der Waals surface area contributed by atoms with Gasteiger partial charge in [-0.1, -0.05) is 29.8 Å². The number of nitrogens with one attached hydrogen (secondary N) is 1. The zero-order valence-corrected chi connectivity index (χ0v) is 18.4. The van der Waals surface area contributed by atoms with E-state index < -0.39 is 16.1 Å². The van der Waals surface area contributed by atoms with Gasteiger partial charge >= 0.3 is 0 Å². The fraction of sp³-hybridized carbons (Fsp3) is 0.238. The molecular weight excluding hydrogens is 422 g/mol. The summed E-state index contributed by atoms with van der Waals surface area (Å²) in [6.07, 6.45) is -0.526. The van der Waals surface area contributed by atoms with Crippen LogP contribution in [0.2, 0.25) is 0 Å². The molecule has 1 aliphatic rings. The highest BCUT2D eigenvalue weighted by atomic mass is 32.2. The van der Waals surface area contributed by atoms with E-state index in [1.165, 1.54) is 11.3 Å². The zero-order valence-electron chi connectivity index (χ0n) is 16.7. The molecule has 2 heterocycles. The number of rotatable bonds is 5. The van der Waals surface area contributed by atoms with Crippen LogP contribution in [0, 0.1) is 6.92 Å². The highest BCUT2D eigenvalue weighted by Gasteiger charge is 2.29. The van der Waals surface area contributed by atoms with Crippen LogP contribution in [-0.2, 0) is 20.6 Å². The number of nitrogens with zero attached hydrogens (tertiary/aromatic N) is 2. The molecule has 0 aliphatic carbocycles. The van der Waals surface area contributed by atoms with Gasteiger partial charge in [0.1, 0.15) is 5.75 Å². The highest BCUT2D eigenvalue weighted by Crippen LogP contribution is 2.37. The number of hydrogen-bond donors (Lipinski definition) is 1. The monoisotopic (exact) mass is 443 g/mol. The molecule has 9 heteroatoms. The molecule has 1 amide bonds. The first-order chi connectivity index (χ1) is 14.2. The van der Waals surface area contributed by atoms with Crippen LogP contribution in [0.15, 0.2) is 47.8 Å². The van der Waals surface area contributed by atoms with E-state index in [0.717, 1.165) is 11.1 Å². The summed E-state index contributed by atoms with van der Waals surface area (Å²) in [5.74, 6) is 0.383. The normalized spacial score (nSPS) is 16.2. The third-order valence-electron chi connectivity index (χ3n) is 4.82. The summed E-state index contributed by atoms with van der Waals surface area (Å²) in [6.45, 7) is 3.67. The van der Waals surface area contributed by atoms with Gasteiger partial charge in [0.05, 0.1) is 17.1 Å². The highest BCUT2D eigenvalue weighted by molar-refractivity contribution is 7.92. The van der Waals surface area contributed by atoms with Gasteiger partial charge in [0.15, 0.2) is 11.2 Å². The van der Waals surface area contributed by atoms with Crippen LogP contribution in [0.25, 0.3) is 11.3 Å². The van der Waals surface area contributed by atoms with Crippen LogP contribution in [0.3, 0.4) is 0 Å². The lowest BCUT2D eigenvalue weighted by Crippen LogP contribution is -2.41. The summed E-state index contributed by atoms with van der Waals surface area (Å²) in [4.78, 5) is 18.1. The molecule has 3 aromatic rings. The number of carbonyl (C=O) groups excluding carboxylic acids is 1. The van der Waals surface area contributed by atoms with Crippen LogP contribution < -0.4 is 14.4 Å². The van der Waals surface area contributed by atoms with Crippen LogP contribution >= 0.6 is 11.3 Å². The fourth-order valence-corrected chi connectivity index (χ4v) is 5.35. The minimum atomic E-state index is -3.58. The number of aryl methyl sites for hydroxylation is 1. The molecule has 0 fully saturated rings. The van der Waals surface area contributed by atoms with E-state index >= 15 is 0 Å². The number of benzene rings is 2. The number of likely N-dealkylation sites (N-methyl/N-ethyl adjacent to an activating group) is 1. The summed E-state index contributed by atoms with van der Waals surface area (Å²) in [7, 11) is -1.88. The summed E-state index contributed by atoms with van der Waals surface area (Å²) >= 11 is 1.21. The largest absolute Gasteiger partial charge is 0.479 e. The molecule has 0 saturated heterocycles. The van der Waals surface area contributed by atoms with Crippen molar-refractivity contribution in [2.24, 2.45) is 0 Å². The predicted molar refractivity (Wildman–Crippen MR) is 118 cm³/mol. The molecule has 1 unspecified atom stereocenters. The molecule has 1 aliphatic heterocycles. The molecule has 0 bridgehead atoms. The Morgan fingerprint density at radius 1 is 1.20 bits per heavy atom. The number of fused-ring (bicyclic) bond motifs is 1. The van der Waals surface area contributed by atoms with Gasteiger partial charge in [-0.3, -0.25) is 9.52 Å². The smallest absolute Gasteiger partial charge is 0.267 e. The van der Waals surface area contributed by atoms with E-state index in [0.29, 0.717) is 27.8 Å². The van der Waals surface area contributed by atoms with Gasteiger partial charge in [0.25, 0.3) is 5.91 Å². The number of amides is 1. The second-order valence-electron chi connectivity index (χ2n) is 7.22. The molecule has 1 aromatic heterocycles. The summed E-state index contributed by atoms with van der Waals surface area (Å²) < 4.78 is 33.2. The van der Waals surface area contributed by atoms with Crippen LogP contribution in [0.4, 0.5) is 10.8 Å². The Labute approximate surface area is 179 Å². The molecule has 0 radical (unpaired) electrons. The summed E-state index contributed by atoms with van der Waals surface area (Å²) in [6, 6.07) is 12.8.